The van der Waals surface area contributed by atoms with Gasteiger partial charge < -0.3 is 10.0 Å². The molecule has 0 fully saturated rings. The third-order valence-electron chi connectivity index (χ3n) is 1.57. The molecule has 1 atom stereocenters. The van der Waals surface area contributed by atoms with Gasteiger partial charge in [0.15, 0.2) is 0 Å². The van der Waals surface area contributed by atoms with Gasteiger partial charge in [0.2, 0.25) is 0 Å². The van der Waals surface area contributed by atoms with Gasteiger partial charge in [0, 0.05) is 0 Å². The quantitative estimate of drug-likeness (QED) is 0.328. The molecule has 0 N–H and O–H groups in total. The van der Waals surface area contributed by atoms with Crippen molar-refractivity contribution in [3.63, 3.8) is 0 Å². The molecule has 0 aromatic heterocycles. The van der Waals surface area contributed by atoms with E-state index in [2.05, 4.69) is 0 Å². The number of hydrogen-bond acceptors (Lipinski definition) is 2. The second-order valence-electron chi connectivity index (χ2n) is 2.08. The Kier molecular flexibility index (Phi) is 10.8. The van der Waals surface area contributed by atoms with Crippen molar-refractivity contribution in [3.05, 3.63) is 0 Å². The van der Waals surface area contributed by atoms with Crippen LogP contribution in [0.1, 0.15) is 27.2 Å². The van der Waals surface area contributed by atoms with E-state index in [-0.39, 0.29) is 29.6 Å². The summed E-state index contributed by atoms with van der Waals surface area (Å²) >= 11 is 0. The molecule has 0 saturated carbocycles. The Hall–Kier alpha value is 0.920. The molecule has 0 saturated heterocycles. The smallest absolute Gasteiger partial charge is 0.841 e. The molecule has 0 aromatic rings. The minimum absolute atomic E-state index is 0. The summed E-state index contributed by atoms with van der Waals surface area (Å²) in [6.07, 6.45) is 0.224. The zero-order chi connectivity index (χ0) is 7.28. The molecule has 0 bridgehead atoms. The summed E-state index contributed by atoms with van der Waals surface area (Å²) in [4.78, 5) is 1.92. The van der Waals surface area contributed by atoms with Crippen LogP contribution in [0.3, 0.4) is 0 Å². The molecule has 10 heavy (non-hydrogen) atoms. The van der Waals surface area contributed by atoms with E-state index in [1.807, 2.05) is 25.7 Å². The van der Waals surface area contributed by atoms with E-state index in [1.165, 1.54) is 0 Å². The Morgan fingerprint density at radius 1 is 1.20 bits per heavy atom. The maximum atomic E-state index is 11.0. The molecular formula is C7H16NNaO. The normalized spacial score (nSPS) is 12.9. The van der Waals surface area contributed by atoms with Crippen molar-refractivity contribution in [2.75, 3.05) is 13.1 Å². The van der Waals surface area contributed by atoms with Crippen LogP contribution in [0.15, 0.2) is 0 Å². The second-order valence-corrected chi connectivity index (χ2v) is 2.08. The first kappa shape index (κ1) is 13.5. The summed E-state index contributed by atoms with van der Waals surface area (Å²) < 4.78 is 0. The predicted molar refractivity (Wildman–Crippen MR) is 37.0 cm³/mol. The van der Waals surface area contributed by atoms with Gasteiger partial charge in [0.25, 0.3) is 0 Å². The molecule has 0 radical (unpaired) electrons. The van der Waals surface area contributed by atoms with E-state index in [4.69, 9.17) is 0 Å². The van der Waals surface area contributed by atoms with Crippen LogP contribution in [0, 0.1) is 0 Å². The molecule has 1 unspecified atom stereocenters. The van der Waals surface area contributed by atoms with Crippen LogP contribution in [0.5, 0.6) is 0 Å². The average Bonchev–Trinajstić information content (AvgIpc) is 1.90. The van der Waals surface area contributed by atoms with Crippen molar-refractivity contribution < 1.29 is 34.7 Å². The second kappa shape index (κ2) is 8.02. The standard InChI is InChI=1S/C7H16NO.Na/c1-4-7(9)8(5-2)6-3;/h7H,4-6H2,1-3H3;/q-1;+1. The maximum absolute atomic E-state index is 11.0. The Labute approximate surface area is 85.9 Å². The Morgan fingerprint density at radius 2 is 1.60 bits per heavy atom. The fourth-order valence-corrected chi connectivity index (χ4v) is 0.889. The zero-order valence-corrected chi connectivity index (χ0v) is 9.55. The third kappa shape index (κ3) is 4.69. The van der Waals surface area contributed by atoms with E-state index in [9.17, 15) is 5.11 Å². The molecular weight excluding hydrogens is 137 g/mol. The van der Waals surface area contributed by atoms with Crippen LogP contribution in [0.25, 0.3) is 0 Å². The van der Waals surface area contributed by atoms with Crippen LogP contribution in [-0.2, 0) is 0 Å². The summed E-state index contributed by atoms with van der Waals surface area (Å²) in [5.74, 6) is 0. The molecule has 0 aliphatic carbocycles. The Morgan fingerprint density at radius 3 is 1.70 bits per heavy atom. The fourth-order valence-electron chi connectivity index (χ4n) is 0.889. The summed E-state index contributed by atoms with van der Waals surface area (Å²) in [5.41, 5.74) is 0. The topological polar surface area (TPSA) is 26.3 Å². The minimum Gasteiger partial charge on any atom is -0.841 e. The monoisotopic (exact) mass is 153 g/mol. The predicted octanol–water partition coefficient (Wildman–Crippen LogP) is -2.57. The number of rotatable bonds is 4. The van der Waals surface area contributed by atoms with Crippen molar-refractivity contribution in [1.82, 2.24) is 4.90 Å². The van der Waals surface area contributed by atoms with Crippen molar-refractivity contribution >= 4 is 0 Å². The summed E-state index contributed by atoms with van der Waals surface area (Å²) in [6, 6.07) is 0. The first-order chi connectivity index (χ1) is 4.26. The molecule has 0 aliphatic rings. The number of hydrogen-bond donors (Lipinski definition) is 0. The number of nitrogens with zero attached hydrogens (tertiary/aromatic N) is 1. The molecule has 0 aliphatic heterocycles. The zero-order valence-electron chi connectivity index (χ0n) is 7.55. The van der Waals surface area contributed by atoms with Gasteiger partial charge in [-0.1, -0.05) is 33.4 Å². The van der Waals surface area contributed by atoms with Gasteiger partial charge in [-0.3, -0.25) is 0 Å². The fraction of sp³-hybridized carbons (Fsp3) is 1.00. The van der Waals surface area contributed by atoms with Crippen molar-refractivity contribution in [2.45, 2.75) is 33.4 Å². The van der Waals surface area contributed by atoms with Gasteiger partial charge in [0.05, 0.1) is 0 Å². The van der Waals surface area contributed by atoms with Crippen molar-refractivity contribution in [2.24, 2.45) is 0 Å². The van der Waals surface area contributed by atoms with E-state index in [0.29, 0.717) is 6.42 Å². The molecule has 0 rings (SSSR count). The Bertz CT molecular complexity index is 66.6. The van der Waals surface area contributed by atoms with E-state index >= 15 is 0 Å². The van der Waals surface area contributed by atoms with Crippen LogP contribution in [0.4, 0.5) is 0 Å². The van der Waals surface area contributed by atoms with Crippen LogP contribution < -0.4 is 34.7 Å². The maximum Gasteiger partial charge on any atom is 1.00 e. The van der Waals surface area contributed by atoms with Crippen molar-refractivity contribution in [3.8, 4) is 0 Å². The van der Waals surface area contributed by atoms with Crippen LogP contribution in [-0.4, -0.2) is 24.2 Å². The average molecular weight is 153 g/mol. The van der Waals surface area contributed by atoms with E-state index in [0.717, 1.165) is 13.1 Å². The first-order valence-electron chi connectivity index (χ1n) is 3.66. The largest absolute Gasteiger partial charge is 1.00 e. The Balaban J connectivity index is 0. The van der Waals surface area contributed by atoms with Crippen molar-refractivity contribution in [1.29, 1.82) is 0 Å². The van der Waals surface area contributed by atoms with Crippen LogP contribution in [0.2, 0.25) is 0 Å². The molecule has 0 amide bonds. The van der Waals surface area contributed by atoms with E-state index in [1.54, 1.807) is 0 Å². The molecule has 0 aromatic carbocycles. The van der Waals surface area contributed by atoms with Gasteiger partial charge in [-0.25, -0.2) is 0 Å². The summed E-state index contributed by atoms with van der Waals surface area (Å²) in [7, 11) is 0. The minimum atomic E-state index is -0.486. The molecule has 0 heterocycles. The van der Waals surface area contributed by atoms with E-state index < -0.39 is 6.23 Å². The van der Waals surface area contributed by atoms with Gasteiger partial charge >= 0.3 is 29.6 Å². The van der Waals surface area contributed by atoms with Crippen LogP contribution >= 0.6 is 0 Å². The molecule has 2 nitrogen and oxygen atoms in total. The summed E-state index contributed by atoms with van der Waals surface area (Å²) in [6.45, 7) is 7.71. The van der Waals surface area contributed by atoms with Gasteiger partial charge in [0.1, 0.15) is 0 Å². The molecule has 56 valence electrons. The first-order valence-corrected chi connectivity index (χ1v) is 3.66. The molecule has 0 spiro atoms. The van der Waals surface area contributed by atoms with Gasteiger partial charge in [-0.05, 0) is 13.1 Å². The SMILES string of the molecule is CCC([O-])N(CC)CC.[Na+]. The molecule has 3 heteroatoms. The van der Waals surface area contributed by atoms with Gasteiger partial charge in [-0.2, -0.15) is 0 Å². The van der Waals surface area contributed by atoms with Gasteiger partial charge in [-0.15, -0.1) is 0 Å². The summed E-state index contributed by atoms with van der Waals surface area (Å²) in [5, 5.41) is 11.0. The third-order valence-corrected chi connectivity index (χ3v) is 1.57.